The number of urea groups is 1. The molecule has 0 spiro atoms. The van der Waals surface area contributed by atoms with Crippen LogP contribution in [0.5, 0.6) is 0 Å². The Balaban J connectivity index is 1.58. The molecule has 4 rings (SSSR count). The number of carbonyl (C=O) groups is 3. The van der Waals surface area contributed by atoms with Crippen molar-refractivity contribution in [1.82, 2.24) is 10.2 Å². The van der Waals surface area contributed by atoms with Gasteiger partial charge in [-0.3, -0.25) is 9.59 Å². The molecule has 6 nitrogen and oxygen atoms in total. The molecular formula is C21H27N3O3. The van der Waals surface area contributed by atoms with Gasteiger partial charge in [0.15, 0.2) is 0 Å². The van der Waals surface area contributed by atoms with Crippen LogP contribution in [-0.4, -0.2) is 41.4 Å². The van der Waals surface area contributed by atoms with Gasteiger partial charge in [-0.2, -0.15) is 0 Å². The predicted octanol–water partition coefficient (Wildman–Crippen LogP) is 3.03. The van der Waals surface area contributed by atoms with Gasteiger partial charge < -0.3 is 10.2 Å². The van der Waals surface area contributed by atoms with Crippen molar-refractivity contribution < 1.29 is 14.4 Å². The highest BCUT2D eigenvalue weighted by Gasteiger charge is 2.50. The van der Waals surface area contributed by atoms with Crippen molar-refractivity contribution in [2.24, 2.45) is 5.92 Å². The van der Waals surface area contributed by atoms with Gasteiger partial charge in [-0.25, -0.2) is 9.69 Å². The Hall–Kier alpha value is -2.37. The normalized spacial score (nSPS) is 25.9. The minimum atomic E-state index is -0.583. The highest BCUT2D eigenvalue weighted by atomic mass is 16.2. The highest BCUT2D eigenvalue weighted by molar-refractivity contribution is 6.19. The zero-order chi connectivity index (χ0) is 19.1. The van der Waals surface area contributed by atoms with Crippen LogP contribution in [0.2, 0.25) is 0 Å². The van der Waals surface area contributed by atoms with Gasteiger partial charge in [-0.05, 0) is 42.9 Å². The van der Waals surface area contributed by atoms with E-state index in [0.717, 1.165) is 31.2 Å². The molecule has 2 heterocycles. The van der Waals surface area contributed by atoms with E-state index in [2.05, 4.69) is 19.2 Å². The van der Waals surface area contributed by atoms with E-state index in [1.165, 1.54) is 4.90 Å². The Labute approximate surface area is 159 Å². The average molecular weight is 369 g/mol. The molecule has 144 valence electrons. The number of fused-ring (bicyclic) bond motifs is 1. The minimum absolute atomic E-state index is 0.0351. The van der Waals surface area contributed by atoms with E-state index < -0.39 is 12.1 Å². The minimum Gasteiger partial charge on any atom is -0.332 e. The molecule has 3 aliphatic rings. The number of hydrogen-bond donors (Lipinski definition) is 1. The van der Waals surface area contributed by atoms with Crippen molar-refractivity contribution in [2.45, 2.75) is 64.0 Å². The Morgan fingerprint density at radius 1 is 1.07 bits per heavy atom. The van der Waals surface area contributed by atoms with Crippen LogP contribution in [0.25, 0.3) is 0 Å². The third-order valence-electron chi connectivity index (χ3n) is 6.19. The second-order valence-electron chi connectivity index (χ2n) is 8.22. The fourth-order valence-corrected chi connectivity index (χ4v) is 4.61. The van der Waals surface area contributed by atoms with Gasteiger partial charge >= 0.3 is 6.03 Å². The lowest BCUT2D eigenvalue weighted by Gasteiger charge is -2.37. The number of hydrogen-bond acceptors (Lipinski definition) is 3. The molecule has 1 aliphatic carbocycles. The summed E-state index contributed by atoms with van der Waals surface area (Å²) in [4.78, 5) is 41.7. The van der Waals surface area contributed by atoms with Gasteiger partial charge in [0.2, 0.25) is 5.91 Å². The van der Waals surface area contributed by atoms with Crippen LogP contribution in [0.1, 0.15) is 57.4 Å². The Morgan fingerprint density at radius 3 is 2.37 bits per heavy atom. The highest BCUT2D eigenvalue weighted by Crippen LogP contribution is 2.33. The lowest BCUT2D eigenvalue weighted by Crippen LogP contribution is -2.65. The van der Waals surface area contributed by atoms with Crippen LogP contribution in [0.3, 0.4) is 0 Å². The number of amides is 4. The summed E-state index contributed by atoms with van der Waals surface area (Å²) < 4.78 is 0. The first-order chi connectivity index (χ1) is 13.0. The van der Waals surface area contributed by atoms with Crippen molar-refractivity contribution in [3.8, 4) is 0 Å². The Bertz CT molecular complexity index is 752. The molecule has 2 unspecified atom stereocenters. The van der Waals surface area contributed by atoms with Gasteiger partial charge in [0.25, 0.3) is 5.91 Å². The Kier molecular flexibility index (Phi) is 4.66. The largest absolute Gasteiger partial charge is 0.332 e. The molecule has 1 aromatic carbocycles. The average Bonchev–Trinajstić information content (AvgIpc) is 3.31. The molecule has 1 saturated carbocycles. The maximum atomic E-state index is 13.2. The first-order valence-electron chi connectivity index (χ1n) is 10.0. The van der Waals surface area contributed by atoms with E-state index in [1.54, 1.807) is 4.90 Å². The van der Waals surface area contributed by atoms with E-state index in [-0.39, 0.29) is 23.8 Å². The second kappa shape index (κ2) is 6.98. The van der Waals surface area contributed by atoms with E-state index in [4.69, 9.17) is 0 Å². The SMILES string of the molecule is CC(C)c1ccc(N2C(=O)NC3CCN(C(=O)C4CCCC4)C3C2=O)cc1. The van der Waals surface area contributed by atoms with Crippen LogP contribution in [-0.2, 0) is 9.59 Å². The number of nitrogens with zero attached hydrogens (tertiary/aromatic N) is 2. The smallest absolute Gasteiger partial charge is 0.329 e. The standard InChI is InChI=1S/C21H27N3O3/c1-13(2)14-7-9-16(10-8-14)24-20(26)18-17(22-21(24)27)11-12-23(18)19(25)15-5-3-4-6-15/h7-10,13,15,17-18H,3-6,11-12H2,1-2H3,(H,22,27). The maximum absolute atomic E-state index is 13.2. The molecule has 27 heavy (non-hydrogen) atoms. The number of likely N-dealkylation sites (tertiary alicyclic amines) is 1. The quantitative estimate of drug-likeness (QED) is 0.890. The van der Waals surface area contributed by atoms with Crippen molar-refractivity contribution in [3.05, 3.63) is 29.8 Å². The molecule has 0 radical (unpaired) electrons. The summed E-state index contributed by atoms with van der Waals surface area (Å²) in [7, 11) is 0. The summed E-state index contributed by atoms with van der Waals surface area (Å²) in [5, 5.41) is 2.94. The van der Waals surface area contributed by atoms with Crippen molar-refractivity contribution in [2.75, 3.05) is 11.4 Å². The monoisotopic (exact) mass is 369 g/mol. The number of anilines is 1. The molecule has 0 aromatic heterocycles. The summed E-state index contributed by atoms with van der Waals surface area (Å²) in [5.41, 5.74) is 1.71. The molecular weight excluding hydrogens is 342 g/mol. The summed E-state index contributed by atoms with van der Waals surface area (Å²) in [6.45, 7) is 4.74. The molecule has 1 N–H and O–H groups in total. The topological polar surface area (TPSA) is 69.7 Å². The predicted molar refractivity (Wildman–Crippen MR) is 102 cm³/mol. The number of benzene rings is 1. The first kappa shape index (κ1) is 18.0. The summed E-state index contributed by atoms with van der Waals surface area (Å²) in [6.07, 6.45) is 4.62. The van der Waals surface area contributed by atoms with Gasteiger partial charge in [0, 0.05) is 12.5 Å². The van der Waals surface area contributed by atoms with Gasteiger partial charge in [-0.15, -0.1) is 0 Å². The van der Waals surface area contributed by atoms with Gasteiger partial charge in [-0.1, -0.05) is 38.8 Å². The zero-order valence-corrected chi connectivity index (χ0v) is 16.0. The maximum Gasteiger partial charge on any atom is 0.329 e. The number of carbonyl (C=O) groups excluding carboxylic acids is 3. The van der Waals surface area contributed by atoms with Crippen molar-refractivity contribution in [3.63, 3.8) is 0 Å². The van der Waals surface area contributed by atoms with E-state index in [0.29, 0.717) is 24.6 Å². The zero-order valence-electron chi connectivity index (χ0n) is 16.0. The van der Waals surface area contributed by atoms with Crippen LogP contribution in [0.4, 0.5) is 10.5 Å². The number of imide groups is 1. The van der Waals surface area contributed by atoms with Gasteiger partial charge in [0.1, 0.15) is 6.04 Å². The van der Waals surface area contributed by atoms with Crippen LogP contribution in [0, 0.1) is 5.92 Å². The third-order valence-corrected chi connectivity index (χ3v) is 6.19. The lowest BCUT2D eigenvalue weighted by molar-refractivity contribution is -0.141. The summed E-state index contributed by atoms with van der Waals surface area (Å²) in [6, 6.07) is 6.26. The fourth-order valence-electron chi connectivity index (χ4n) is 4.61. The molecule has 0 bridgehead atoms. The fraction of sp³-hybridized carbons (Fsp3) is 0.571. The second-order valence-corrected chi connectivity index (χ2v) is 8.22. The molecule has 2 atom stereocenters. The summed E-state index contributed by atoms with van der Waals surface area (Å²) >= 11 is 0. The van der Waals surface area contributed by atoms with Crippen molar-refractivity contribution in [1.29, 1.82) is 0 Å². The summed E-state index contributed by atoms with van der Waals surface area (Å²) in [5.74, 6) is 0.209. The van der Waals surface area contributed by atoms with Crippen LogP contribution < -0.4 is 10.2 Å². The Morgan fingerprint density at radius 2 is 1.74 bits per heavy atom. The molecule has 1 aromatic rings. The van der Waals surface area contributed by atoms with E-state index >= 15 is 0 Å². The lowest BCUT2D eigenvalue weighted by atomic mass is 10.0. The molecule has 3 fully saturated rings. The molecule has 2 saturated heterocycles. The van der Waals surface area contributed by atoms with Crippen LogP contribution >= 0.6 is 0 Å². The third kappa shape index (κ3) is 3.11. The molecule has 2 aliphatic heterocycles. The molecule has 4 amide bonds. The van der Waals surface area contributed by atoms with Crippen LogP contribution in [0.15, 0.2) is 24.3 Å². The van der Waals surface area contributed by atoms with E-state index in [1.807, 2.05) is 24.3 Å². The first-order valence-corrected chi connectivity index (χ1v) is 10.0. The number of nitrogens with one attached hydrogen (secondary N) is 1. The number of rotatable bonds is 3. The van der Waals surface area contributed by atoms with E-state index in [9.17, 15) is 14.4 Å². The van der Waals surface area contributed by atoms with Crippen molar-refractivity contribution >= 4 is 23.5 Å². The van der Waals surface area contributed by atoms with Gasteiger partial charge in [0.05, 0.1) is 11.7 Å². The molecule has 6 heteroatoms.